The van der Waals surface area contributed by atoms with Crippen molar-refractivity contribution in [2.24, 2.45) is 0 Å². The van der Waals surface area contributed by atoms with E-state index in [4.69, 9.17) is 0 Å². The molecule has 0 saturated carbocycles. The highest BCUT2D eigenvalue weighted by molar-refractivity contribution is 6.58. The van der Waals surface area contributed by atoms with Gasteiger partial charge >= 0.3 is 0 Å². The van der Waals surface area contributed by atoms with Gasteiger partial charge in [-0.3, -0.25) is 0 Å². The number of rotatable bonds is 1. The van der Waals surface area contributed by atoms with Crippen LogP contribution in [0.5, 0.6) is 0 Å². The molecular weight excluding hydrogens is 112 g/mol. The van der Waals surface area contributed by atoms with Gasteiger partial charge in [-0.1, -0.05) is 37.4 Å². The van der Waals surface area contributed by atoms with E-state index in [2.05, 4.69) is 37.4 Å². The summed E-state index contributed by atoms with van der Waals surface area (Å²) in [5, 5.41) is 0. The van der Waals surface area contributed by atoms with Crippen LogP contribution in [0.25, 0.3) is 0 Å². The van der Waals surface area contributed by atoms with Crippen LogP contribution in [0, 0.1) is 0 Å². The zero-order chi connectivity index (χ0) is 5.98. The van der Waals surface area contributed by atoms with E-state index in [1.165, 1.54) is 0 Å². The Morgan fingerprint density at radius 1 is 1.12 bits per heavy atom. The minimum Gasteiger partial charge on any atom is -0.0806 e. The summed E-state index contributed by atoms with van der Waals surface area (Å²) in [4.78, 5) is 0. The van der Waals surface area contributed by atoms with Gasteiger partial charge in [-0.15, -0.1) is 0 Å². The zero-order valence-corrected chi connectivity index (χ0v) is 6.39. The van der Waals surface area contributed by atoms with Gasteiger partial charge in [0.15, 0.2) is 0 Å². The standard InChI is InChI=1S/C7H11Si/c1-8(2)7-5-3-4-6-7/h3-7H,1-2H3. The fraction of sp³-hybridized carbons (Fsp3) is 0.429. The molecule has 8 heavy (non-hydrogen) atoms. The Kier molecular flexibility index (Phi) is 1.68. The molecule has 0 bridgehead atoms. The molecule has 1 rings (SSSR count). The minimum absolute atomic E-state index is 0.0859. The molecule has 1 aliphatic rings. The summed E-state index contributed by atoms with van der Waals surface area (Å²) < 4.78 is 0. The first-order chi connectivity index (χ1) is 3.80. The predicted octanol–water partition coefficient (Wildman–Crippen LogP) is 2.24. The van der Waals surface area contributed by atoms with Crippen molar-refractivity contribution in [1.82, 2.24) is 0 Å². The smallest absolute Gasteiger partial charge is 0.0540 e. The number of hydrogen-bond acceptors (Lipinski definition) is 0. The lowest BCUT2D eigenvalue weighted by atomic mass is 10.5. The topological polar surface area (TPSA) is 0 Å². The zero-order valence-electron chi connectivity index (χ0n) is 5.39. The maximum Gasteiger partial charge on any atom is 0.0540 e. The quantitative estimate of drug-likeness (QED) is 0.469. The average Bonchev–Trinajstić information content (AvgIpc) is 2.12. The van der Waals surface area contributed by atoms with Gasteiger partial charge in [-0.25, -0.2) is 0 Å². The Labute approximate surface area is 52.5 Å². The summed E-state index contributed by atoms with van der Waals surface area (Å²) in [6.45, 7) is 4.69. The van der Waals surface area contributed by atoms with Gasteiger partial charge in [0.05, 0.1) is 8.80 Å². The second kappa shape index (κ2) is 2.31. The van der Waals surface area contributed by atoms with Crippen molar-refractivity contribution in [1.29, 1.82) is 0 Å². The fourth-order valence-corrected chi connectivity index (χ4v) is 1.81. The monoisotopic (exact) mass is 123 g/mol. The second-order valence-electron chi connectivity index (χ2n) is 2.37. The lowest BCUT2D eigenvalue weighted by Crippen LogP contribution is -2.04. The molecule has 0 heterocycles. The summed E-state index contributed by atoms with van der Waals surface area (Å²) in [6.07, 6.45) is 8.85. The van der Waals surface area contributed by atoms with Crippen molar-refractivity contribution >= 4 is 8.80 Å². The van der Waals surface area contributed by atoms with E-state index in [-0.39, 0.29) is 8.80 Å². The van der Waals surface area contributed by atoms with Gasteiger partial charge in [0, 0.05) is 0 Å². The van der Waals surface area contributed by atoms with Crippen molar-refractivity contribution in [3.05, 3.63) is 24.3 Å². The van der Waals surface area contributed by atoms with Crippen LogP contribution in [-0.4, -0.2) is 8.80 Å². The molecule has 0 spiro atoms. The Hall–Kier alpha value is -0.303. The normalized spacial score (nSPS) is 18.9. The Morgan fingerprint density at radius 3 is 1.88 bits per heavy atom. The molecule has 0 fully saturated rings. The van der Waals surface area contributed by atoms with Crippen molar-refractivity contribution in [3.63, 3.8) is 0 Å². The number of hydrogen-bond donors (Lipinski definition) is 0. The van der Waals surface area contributed by atoms with Crippen LogP contribution in [0.15, 0.2) is 24.3 Å². The second-order valence-corrected chi connectivity index (χ2v) is 5.19. The van der Waals surface area contributed by atoms with Crippen molar-refractivity contribution < 1.29 is 0 Å². The molecule has 0 aromatic heterocycles. The molecule has 0 atom stereocenters. The van der Waals surface area contributed by atoms with Gasteiger partial charge in [0.25, 0.3) is 0 Å². The number of allylic oxidation sites excluding steroid dienone is 4. The molecule has 0 unspecified atom stereocenters. The Bertz CT molecular complexity index is 110. The minimum atomic E-state index is -0.0859. The van der Waals surface area contributed by atoms with Crippen molar-refractivity contribution in [2.75, 3.05) is 0 Å². The van der Waals surface area contributed by atoms with Crippen LogP contribution < -0.4 is 0 Å². The highest BCUT2D eigenvalue weighted by Crippen LogP contribution is 2.18. The van der Waals surface area contributed by atoms with E-state index < -0.39 is 0 Å². The van der Waals surface area contributed by atoms with E-state index in [0.717, 1.165) is 5.54 Å². The van der Waals surface area contributed by atoms with Gasteiger partial charge < -0.3 is 0 Å². The fourth-order valence-electron chi connectivity index (χ4n) is 0.817. The summed E-state index contributed by atoms with van der Waals surface area (Å²) in [7, 11) is -0.0859. The molecular formula is C7H11Si. The van der Waals surface area contributed by atoms with Crippen LogP contribution in [-0.2, 0) is 0 Å². The summed E-state index contributed by atoms with van der Waals surface area (Å²) in [6, 6.07) is 0. The molecule has 1 aliphatic carbocycles. The Balaban J connectivity index is 2.49. The van der Waals surface area contributed by atoms with Gasteiger partial charge in [0.2, 0.25) is 0 Å². The molecule has 0 aromatic rings. The molecule has 0 nitrogen and oxygen atoms in total. The van der Waals surface area contributed by atoms with Crippen molar-refractivity contribution in [2.45, 2.75) is 18.6 Å². The van der Waals surface area contributed by atoms with Crippen LogP contribution >= 0.6 is 0 Å². The van der Waals surface area contributed by atoms with Crippen molar-refractivity contribution in [3.8, 4) is 0 Å². The highest BCUT2D eigenvalue weighted by atomic mass is 28.3. The molecule has 1 radical (unpaired) electrons. The first-order valence-corrected chi connectivity index (χ1v) is 5.53. The molecule has 0 aliphatic heterocycles. The van der Waals surface area contributed by atoms with Gasteiger partial charge in [-0.05, 0) is 5.54 Å². The van der Waals surface area contributed by atoms with E-state index in [1.807, 2.05) is 0 Å². The van der Waals surface area contributed by atoms with Crippen LogP contribution in [0.4, 0.5) is 0 Å². The lowest BCUT2D eigenvalue weighted by molar-refractivity contribution is 1.35. The molecule has 1 heteroatoms. The maximum atomic E-state index is 2.34. The largest absolute Gasteiger partial charge is 0.0806 e. The van der Waals surface area contributed by atoms with Crippen LogP contribution in [0.1, 0.15) is 0 Å². The molecule has 43 valence electrons. The SMILES string of the molecule is C[Si](C)C1C=CC=C1. The first-order valence-electron chi connectivity index (χ1n) is 2.96. The molecule has 0 aromatic carbocycles. The van der Waals surface area contributed by atoms with E-state index in [9.17, 15) is 0 Å². The summed E-state index contributed by atoms with van der Waals surface area (Å²) in [5.74, 6) is 0. The Morgan fingerprint density at radius 2 is 1.62 bits per heavy atom. The van der Waals surface area contributed by atoms with E-state index >= 15 is 0 Å². The van der Waals surface area contributed by atoms with Crippen LogP contribution in [0.2, 0.25) is 18.6 Å². The third-order valence-corrected chi connectivity index (χ3v) is 3.13. The third kappa shape index (κ3) is 1.10. The summed E-state index contributed by atoms with van der Waals surface area (Å²) in [5.41, 5.74) is 0.806. The first kappa shape index (κ1) is 5.83. The van der Waals surface area contributed by atoms with E-state index in [0.29, 0.717) is 0 Å². The molecule has 0 amide bonds. The molecule has 0 N–H and O–H groups in total. The van der Waals surface area contributed by atoms with Gasteiger partial charge in [0.1, 0.15) is 0 Å². The average molecular weight is 123 g/mol. The maximum absolute atomic E-state index is 2.34. The van der Waals surface area contributed by atoms with Gasteiger partial charge in [-0.2, -0.15) is 0 Å². The lowest BCUT2D eigenvalue weighted by Gasteiger charge is -2.04. The van der Waals surface area contributed by atoms with E-state index in [1.54, 1.807) is 0 Å². The highest BCUT2D eigenvalue weighted by Gasteiger charge is 2.08. The van der Waals surface area contributed by atoms with Crippen LogP contribution in [0.3, 0.4) is 0 Å². The summed E-state index contributed by atoms with van der Waals surface area (Å²) >= 11 is 0. The molecule has 0 saturated heterocycles. The third-order valence-electron chi connectivity index (χ3n) is 1.41. The predicted molar refractivity (Wildman–Crippen MR) is 39.5 cm³/mol.